The number of amides is 1. The smallest absolute Gasteiger partial charge is 0.336 e. The van der Waals surface area contributed by atoms with Crippen molar-refractivity contribution in [1.29, 1.82) is 0 Å². The maximum atomic E-state index is 12.1. The number of rotatable bonds is 5. The van der Waals surface area contributed by atoms with Crippen molar-refractivity contribution in [3.8, 4) is 11.3 Å². The van der Waals surface area contributed by atoms with E-state index < -0.39 is 5.97 Å². The van der Waals surface area contributed by atoms with Crippen molar-refractivity contribution in [2.24, 2.45) is 5.10 Å². The van der Waals surface area contributed by atoms with E-state index in [-0.39, 0.29) is 11.5 Å². The van der Waals surface area contributed by atoms with Crippen LogP contribution in [0.2, 0.25) is 0 Å². The molecule has 0 aliphatic heterocycles. The van der Waals surface area contributed by atoms with E-state index in [1.54, 1.807) is 42.5 Å². The van der Waals surface area contributed by atoms with Crippen molar-refractivity contribution in [3.05, 3.63) is 83.1 Å². The normalized spacial score (nSPS) is 10.8. The summed E-state index contributed by atoms with van der Waals surface area (Å²) < 4.78 is 5.61. The van der Waals surface area contributed by atoms with Gasteiger partial charge >= 0.3 is 5.97 Å². The summed E-state index contributed by atoms with van der Waals surface area (Å²) in [4.78, 5) is 23.4. The van der Waals surface area contributed by atoms with Gasteiger partial charge in [-0.2, -0.15) is 5.10 Å². The van der Waals surface area contributed by atoms with E-state index >= 15 is 0 Å². The van der Waals surface area contributed by atoms with Crippen LogP contribution < -0.4 is 5.43 Å². The molecule has 0 atom stereocenters. The molecule has 0 unspecified atom stereocenters. The number of hydrogen-bond acceptors (Lipinski definition) is 4. The second-order valence-corrected chi connectivity index (χ2v) is 5.57. The SMILES string of the molecule is Cc1ccccc1C(=O)N/N=C/c1ccc(-c2ccccc2C(=O)O)o1. The lowest BCUT2D eigenvalue weighted by Gasteiger charge is -2.03. The lowest BCUT2D eigenvalue weighted by molar-refractivity contribution is 0.0697. The molecule has 0 saturated carbocycles. The lowest BCUT2D eigenvalue weighted by atomic mass is 10.1. The number of carbonyl (C=O) groups excluding carboxylic acids is 1. The van der Waals surface area contributed by atoms with E-state index in [4.69, 9.17) is 4.42 Å². The van der Waals surface area contributed by atoms with Crippen LogP contribution in [0.25, 0.3) is 11.3 Å². The van der Waals surface area contributed by atoms with Gasteiger partial charge in [-0.15, -0.1) is 0 Å². The highest BCUT2D eigenvalue weighted by Crippen LogP contribution is 2.25. The minimum atomic E-state index is -1.03. The van der Waals surface area contributed by atoms with Gasteiger partial charge in [-0.25, -0.2) is 10.2 Å². The van der Waals surface area contributed by atoms with E-state index in [2.05, 4.69) is 10.5 Å². The Labute approximate surface area is 149 Å². The Hall–Kier alpha value is -3.67. The van der Waals surface area contributed by atoms with Crippen LogP contribution in [0.1, 0.15) is 32.0 Å². The van der Waals surface area contributed by atoms with Crippen LogP contribution in [-0.2, 0) is 0 Å². The minimum Gasteiger partial charge on any atom is -0.478 e. The van der Waals surface area contributed by atoms with Gasteiger partial charge in [0.25, 0.3) is 5.91 Å². The number of hydrogen-bond donors (Lipinski definition) is 2. The summed E-state index contributed by atoms with van der Waals surface area (Å²) in [6.07, 6.45) is 1.36. The van der Waals surface area contributed by atoms with E-state index in [1.165, 1.54) is 12.3 Å². The van der Waals surface area contributed by atoms with Crippen molar-refractivity contribution in [2.45, 2.75) is 6.92 Å². The van der Waals surface area contributed by atoms with Crippen LogP contribution >= 0.6 is 0 Å². The molecule has 6 nitrogen and oxygen atoms in total. The first kappa shape index (κ1) is 17.2. The monoisotopic (exact) mass is 348 g/mol. The maximum Gasteiger partial charge on any atom is 0.336 e. The number of aryl methyl sites for hydroxylation is 1. The summed E-state index contributed by atoms with van der Waals surface area (Å²) in [5, 5.41) is 13.1. The van der Waals surface area contributed by atoms with Crippen molar-refractivity contribution in [1.82, 2.24) is 5.43 Å². The number of nitrogens with zero attached hydrogens (tertiary/aromatic N) is 1. The molecule has 1 amide bonds. The van der Waals surface area contributed by atoms with Crippen LogP contribution in [-0.4, -0.2) is 23.2 Å². The Morgan fingerprint density at radius 1 is 1.00 bits per heavy atom. The molecule has 0 fully saturated rings. The first-order valence-electron chi connectivity index (χ1n) is 7.88. The number of carbonyl (C=O) groups is 2. The number of nitrogens with one attached hydrogen (secondary N) is 1. The zero-order valence-corrected chi connectivity index (χ0v) is 14.0. The van der Waals surface area contributed by atoms with Gasteiger partial charge in [0.2, 0.25) is 0 Å². The average molecular weight is 348 g/mol. The average Bonchev–Trinajstić information content (AvgIpc) is 3.10. The Morgan fingerprint density at radius 2 is 1.69 bits per heavy atom. The van der Waals surface area contributed by atoms with Crippen molar-refractivity contribution >= 4 is 18.1 Å². The highest BCUT2D eigenvalue weighted by Gasteiger charge is 2.13. The fourth-order valence-corrected chi connectivity index (χ4v) is 2.49. The topological polar surface area (TPSA) is 91.9 Å². The third-order valence-corrected chi connectivity index (χ3v) is 3.80. The van der Waals surface area contributed by atoms with Gasteiger partial charge in [-0.3, -0.25) is 4.79 Å². The van der Waals surface area contributed by atoms with Gasteiger partial charge in [-0.05, 0) is 36.8 Å². The summed E-state index contributed by atoms with van der Waals surface area (Å²) in [7, 11) is 0. The Morgan fingerprint density at radius 3 is 2.42 bits per heavy atom. The van der Waals surface area contributed by atoms with Gasteiger partial charge in [0.1, 0.15) is 11.5 Å². The molecule has 6 heteroatoms. The van der Waals surface area contributed by atoms with Gasteiger partial charge in [0.15, 0.2) is 0 Å². The van der Waals surface area contributed by atoms with Crippen LogP contribution in [0.15, 0.2) is 70.2 Å². The molecule has 0 radical (unpaired) electrons. The zero-order chi connectivity index (χ0) is 18.5. The lowest BCUT2D eigenvalue weighted by Crippen LogP contribution is -2.18. The van der Waals surface area contributed by atoms with E-state index in [0.717, 1.165) is 5.56 Å². The summed E-state index contributed by atoms with van der Waals surface area (Å²) in [6.45, 7) is 1.84. The van der Waals surface area contributed by atoms with E-state index in [0.29, 0.717) is 22.6 Å². The summed E-state index contributed by atoms with van der Waals surface area (Å²) in [5.41, 5.74) is 4.46. The van der Waals surface area contributed by atoms with Gasteiger partial charge in [0.05, 0.1) is 11.8 Å². The van der Waals surface area contributed by atoms with E-state index in [1.807, 2.05) is 19.1 Å². The highest BCUT2D eigenvalue weighted by molar-refractivity contribution is 5.96. The zero-order valence-electron chi connectivity index (χ0n) is 14.0. The number of hydrazone groups is 1. The molecule has 1 aromatic heterocycles. The summed E-state index contributed by atoms with van der Waals surface area (Å²) in [6, 6.07) is 17.1. The minimum absolute atomic E-state index is 0.151. The number of benzene rings is 2. The molecule has 26 heavy (non-hydrogen) atoms. The standard InChI is InChI=1S/C20H16N2O4/c1-13-6-2-3-7-15(13)19(23)22-21-12-14-10-11-18(26-14)16-8-4-5-9-17(16)20(24)25/h2-12H,1H3,(H,22,23)(H,24,25)/b21-12+. The third-order valence-electron chi connectivity index (χ3n) is 3.80. The molecule has 0 saturated heterocycles. The molecule has 2 aromatic carbocycles. The van der Waals surface area contributed by atoms with E-state index in [9.17, 15) is 14.7 Å². The Kier molecular flexibility index (Phi) is 4.94. The molecule has 0 bridgehead atoms. The van der Waals surface area contributed by atoms with Crippen LogP contribution in [0.4, 0.5) is 0 Å². The maximum absolute atomic E-state index is 12.1. The molecule has 3 aromatic rings. The van der Waals surface area contributed by atoms with Crippen molar-refractivity contribution in [3.63, 3.8) is 0 Å². The first-order valence-corrected chi connectivity index (χ1v) is 7.88. The Bertz CT molecular complexity index is 989. The first-order chi connectivity index (χ1) is 12.6. The fraction of sp³-hybridized carbons (Fsp3) is 0.0500. The number of furan rings is 1. The number of carboxylic acid groups (broad SMARTS) is 1. The number of carboxylic acids is 1. The van der Waals surface area contributed by atoms with Gasteiger partial charge in [-0.1, -0.05) is 36.4 Å². The van der Waals surface area contributed by atoms with Crippen molar-refractivity contribution in [2.75, 3.05) is 0 Å². The highest BCUT2D eigenvalue weighted by atomic mass is 16.4. The quantitative estimate of drug-likeness (QED) is 0.543. The molecule has 0 spiro atoms. The second kappa shape index (κ2) is 7.48. The summed E-state index contributed by atoms with van der Waals surface area (Å²) >= 11 is 0. The molecular formula is C20H16N2O4. The van der Waals surface area contributed by atoms with Crippen LogP contribution in [0.3, 0.4) is 0 Å². The van der Waals surface area contributed by atoms with Crippen molar-refractivity contribution < 1.29 is 19.1 Å². The number of aromatic carboxylic acids is 1. The van der Waals surface area contributed by atoms with Crippen LogP contribution in [0.5, 0.6) is 0 Å². The van der Waals surface area contributed by atoms with Gasteiger partial charge in [0, 0.05) is 11.1 Å². The molecule has 130 valence electrons. The fourth-order valence-electron chi connectivity index (χ4n) is 2.49. The predicted molar refractivity (Wildman–Crippen MR) is 97.3 cm³/mol. The molecule has 0 aliphatic rings. The van der Waals surface area contributed by atoms with Crippen LogP contribution in [0, 0.1) is 6.92 Å². The molecule has 0 aliphatic carbocycles. The predicted octanol–water partition coefficient (Wildman–Crippen LogP) is 3.72. The molecule has 2 N–H and O–H groups in total. The second-order valence-electron chi connectivity index (χ2n) is 5.57. The van der Waals surface area contributed by atoms with Gasteiger partial charge < -0.3 is 9.52 Å². The Balaban J connectivity index is 1.73. The molecule has 3 rings (SSSR count). The molecular weight excluding hydrogens is 332 g/mol. The largest absolute Gasteiger partial charge is 0.478 e. The molecule has 1 heterocycles. The summed E-state index contributed by atoms with van der Waals surface area (Å²) in [5.74, 6) is -0.542. The third kappa shape index (κ3) is 3.70.